The molecule has 0 saturated heterocycles. The number of benzene rings is 1. The summed E-state index contributed by atoms with van der Waals surface area (Å²) in [6.45, 7) is 0. The molecule has 1 unspecified atom stereocenters. The van der Waals surface area contributed by atoms with Gasteiger partial charge < -0.3 is 4.79 Å². The molecule has 0 amide bonds. The van der Waals surface area contributed by atoms with Crippen molar-refractivity contribution in [3.8, 4) is 0 Å². The molecule has 1 aromatic rings. The van der Waals surface area contributed by atoms with E-state index in [9.17, 15) is 13.2 Å². The summed E-state index contributed by atoms with van der Waals surface area (Å²) in [6, 6.07) is 7.17. The van der Waals surface area contributed by atoms with Crippen molar-refractivity contribution in [2.75, 3.05) is 0 Å². The standard InChI is InChI=1S/C8H9NO4S/c10-6-8(9-14(11,12)13)7-4-2-1-3-5-7/h1-6,8-9H,(H,11,12,13). The average Bonchev–Trinajstić information content (AvgIpc) is 2.14. The summed E-state index contributed by atoms with van der Waals surface area (Å²) < 4.78 is 31.2. The Bertz CT molecular complexity index is 401. The van der Waals surface area contributed by atoms with Gasteiger partial charge in [0.05, 0.1) is 0 Å². The minimum absolute atomic E-state index is 0.406. The van der Waals surface area contributed by atoms with E-state index in [1.54, 1.807) is 35.1 Å². The van der Waals surface area contributed by atoms with Crippen LogP contribution in [0.2, 0.25) is 0 Å². The summed E-state index contributed by atoms with van der Waals surface area (Å²) in [5, 5.41) is 0. The average molecular weight is 215 g/mol. The number of carbonyl (C=O) groups excluding carboxylic acids is 1. The Labute approximate surface area is 81.6 Å². The Morgan fingerprint density at radius 3 is 2.29 bits per heavy atom. The highest BCUT2D eigenvalue weighted by Crippen LogP contribution is 2.10. The van der Waals surface area contributed by atoms with Crippen molar-refractivity contribution in [2.45, 2.75) is 6.04 Å². The maximum Gasteiger partial charge on any atom is 0.334 e. The predicted molar refractivity (Wildman–Crippen MR) is 49.9 cm³/mol. The molecule has 0 fully saturated rings. The maximum atomic E-state index is 10.5. The van der Waals surface area contributed by atoms with E-state index in [4.69, 9.17) is 4.55 Å². The van der Waals surface area contributed by atoms with Crippen molar-refractivity contribution >= 4 is 16.6 Å². The first-order valence-electron chi connectivity index (χ1n) is 3.78. The topological polar surface area (TPSA) is 83.5 Å². The van der Waals surface area contributed by atoms with Gasteiger partial charge in [0.25, 0.3) is 0 Å². The Balaban J connectivity index is 2.89. The van der Waals surface area contributed by atoms with Crippen molar-refractivity contribution in [3.63, 3.8) is 0 Å². The van der Waals surface area contributed by atoms with Crippen LogP contribution < -0.4 is 4.72 Å². The molecule has 0 aliphatic carbocycles. The molecule has 0 aliphatic rings. The van der Waals surface area contributed by atoms with E-state index in [-0.39, 0.29) is 0 Å². The molecule has 14 heavy (non-hydrogen) atoms. The van der Waals surface area contributed by atoms with Crippen LogP contribution in [-0.2, 0) is 15.1 Å². The number of hydrogen-bond acceptors (Lipinski definition) is 3. The predicted octanol–water partition coefficient (Wildman–Crippen LogP) is 0.319. The van der Waals surface area contributed by atoms with Crippen LogP contribution in [0.5, 0.6) is 0 Å². The number of carbonyl (C=O) groups is 1. The summed E-state index contributed by atoms with van der Waals surface area (Å²) in [5.74, 6) is 0. The zero-order valence-electron chi connectivity index (χ0n) is 7.12. The Hall–Kier alpha value is -1.24. The lowest BCUT2D eigenvalue weighted by Gasteiger charge is -2.09. The molecule has 0 radical (unpaired) electrons. The van der Waals surface area contributed by atoms with Gasteiger partial charge in [0.2, 0.25) is 0 Å². The zero-order chi connectivity index (χ0) is 10.6. The molecule has 0 heterocycles. The van der Waals surface area contributed by atoms with Gasteiger partial charge in [0.1, 0.15) is 12.3 Å². The normalized spacial score (nSPS) is 13.5. The third kappa shape index (κ3) is 3.25. The first kappa shape index (κ1) is 10.8. The van der Waals surface area contributed by atoms with Crippen LogP contribution in [0.1, 0.15) is 11.6 Å². The first-order valence-corrected chi connectivity index (χ1v) is 5.22. The lowest BCUT2D eigenvalue weighted by atomic mass is 10.1. The monoisotopic (exact) mass is 215 g/mol. The lowest BCUT2D eigenvalue weighted by Crippen LogP contribution is -2.28. The summed E-state index contributed by atoms with van der Waals surface area (Å²) >= 11 is 0. The van der Waals surface area contributed by atoms with E-state index >= 15 is 0 Å². The van der Waals surface area contributed by atoms with Crippen LogP contribution in [0, 0.1) is 0 Å². The minimum atomic E-state index is -4.36. The smallest absolute Gasteiger partial charge is 0.301 e. The highest BCUT2D eigenvalue weighted by atomic mass is 32.2. The van der Waals surface area contributed by atoms with Crippen LogP contribution in [0.15, 0.2) is 30.3 Å². The van der Waals surface area contributed by atoms with Crippen LogP contribution in [0.25, 0.3) is 0 Å². The van der Waals surface area contributed by atoms with Crippen LogP contribution >= 0.6 is 0 Å². The highest BCUT2D eigenvalue weighted by Gasteiger charge is 2.15. The lowest BCUT2D eigenvalue weighted by molar-refractivity contribution is -0.109. The largest absolute Gasteiger partial charge is 0.334 e. The number of rotatable bonds is 4. The third-order valence-electron chi connectivity index (χ3n) is 1.57. The molecule has 76 valence electrons. The summed E-state index contributed by atoms with van der Waals surface area (Å²) in [6.07, 6.45) is 0.406. The molecular weight excluding hydrogens is 206 g/mol. The molecule has 0 saturated carbocycles. The minimum Gasteiger partial charge on any atom is -0.301 e. The van der Waals surface area contributed by atoms with Gasteiger partial charge in [-0.3, -0.25) is 4.55 Å². The molecular formula is C8H9NO4S. The third-order valence-corrected chi connectivity index (χ3v) is 2.12. The summed E-state index contributed by atoms with van der Waals surface area (Å²) in [7, 11) is -4.36. The maximum absolute atomic E-state index is 10.5. The van der Waals surface area contributed by atoms with E-state index in [2.05, 4.69) is 0 Å². The molecule has 1 aromatic carbocycles. The molecule has 0 aliphatic heterocycles. The van der Waals surface area contributed by atoms with Crippen molar-refractivity contribution in [3.05, 3.63) is 35.9 Å². The van der Waals surface area contributed by atoms with Gasteiger partial charge in [-0.2, -0.15) is 13.1 Å². The van der Waals surface area contributed by atoms with E-state index in [0.29, 0.717) is 11.8 Å². The second-order valence-electron chi connectivity index (χ2n) is 2.62. The quantitative estimate of drug-likeness (QED) is 0.559. The molecule has 0 bridgehead atoms. The number of aldehydes is 1. The van der Waals surface area contributed by atoms with Crippen LogP contribution in [0.4, 0.5) is 0 Å². The molecule has 2 N–H and O–H groups in total. The number of hydrogen-bond donors (Lipinski definition) is 2. The van der Waals surface area contributed by atoms with E-state index < -0.39 is 16.3 Å². The van der Waals surface area contributed by atoms with Gasteiger partial charge in [-0.05, 0) is 5.56 Å². The summed E-state index contributed by atoms with van der Waals surface area (Å²) in [4.78, 5) is 10.5. The molecule has 1 rings (SSSR count). The van der Waals surface area contributed by atoms with Gasteiger partial charge >= 0.3 is 10.3 Å². The van der Waals surface area contributed by atoms with Gasteiger partial charge in [-0.25, -0.2) is 0 Å². The van der Waals surface area contributed by atoms with Gasteiger partial charge in [-0.15, -0.1) is 0 Å². The number of nitrogens with one attached hydrogen (secondary N) is 1. The van der Waals surface area contributed by atoms with Gasteiger partial charge in [-0.1, -0.05) is 30.3 Å². The van der Waals surface area contributed by atoms with E-state index in [0.717, 1.165) is 0 Å². The van der Waals surface area contributed by atoms with E-state index in [1.165, 1.54) is 0 Å². The first-order chi connectivity index (χ1) is 6.53. The van der Waals surface area contributed by atoms with Crippen molar-refractivity contribution in [2.24, 2.45) is 0 Å². The van der Waals surface area contributed by atoms with E-state index in [1.807, 2.05) is 0 Å². The van der Waals surface area contributed by atoms with Crippen molar-refractivity contribution in [1.82, 2.24) is 4.72 Å². The fraction of sp³-hybridized carbons (Fsp3) is 0.125. The zero-order valence-corrected chi connectivity index (χ0v) is 7.94. The molecule has 5 nitrogen and oxygen atoms in total. The van der Waals surface area contributed by atoms with Gasteiger partial charge in [0, 0.05) is 0 Å². The van der Waals surface area contributed by atoms with Crippen molar-refractivity contribution in [1.29, 1.82) is 0 Å². The fourth-order valence-electron chi connectivity index (χ4n) is 0.995. The Kier molecular flexibility index (Phi) is 3.34. The van der Waals surface area contributed by atoms with Crippen LogP contribution in [0.3, 0.4) is 0 Å². The Morgan fingerprint density at radius 1 is 1.29 bits per heavy atom. The molecule has 0 aromatic heterocycles. The molecule has 6 heteroatoms. The highest BCUT2D eigenvalue weighted by molar-refractivity contribution is 7.83. The fourth-order valence-corrected chi connectivity index (χ4v) is 1.51. The van der Waals surface area contributed by atoms with Crippen molar-refractivity contribution < 1.29 is 17.8 Å². The van der Waals surface area contributed by atoms with Gasteiger partial charge in [0.15, 0.2) is 0 Å². The SMILES string of the molecule is O=CC(NS(=O)(=O)O)c1ccccc1. The second kappa shape index (κ2) is 4.32. The second-order valence-corrected chi connectivity index (χ2v) is 3.80. The van der Waals surface area contributed by atoms with Crippen LogP contribution in [-0.4, -0.2) is 19.3 Å². The summed E-state index contributed by atoms with van der Waals surface area (Å²) in [5.41, 5.74) is 0.472. The molecule has 0 spiro atoms. The Morgan fingerprint density at radius 2 is 1.86 bits per heavy atom. The molecule has 1 atom stereocenters.